The number of aliphatic carboxylic acids is 1. The smallest absolute Gasteiger partial charge is 0.325 e. The van der Waals surface area contributed by atoms with E-state index in [0.29, 0.717) is 25.0 Å². The van der Waals surface area contributed by atoms with E-state index in [9.17, 15) is 21.6 Å². The van der Waals surface area contributed by atoms with Gasteiger partial charge in [0.1, 0.15) is 6.54 Å². The zero-order valence-electron chi connectivity index (χ0n) is 15.1. The van der Waals surface area contributed by atoms with Gasteiger partial charge < -0.3 is 10.5 Å². The number of carboxylic acids is 1. The summed E-state index contributed by atoms with van der Waals surface area (Å²) in [6, 6.07) is 4.73. The molecule has 2 rings (SSSR count). The molecule has 1 aromatic carbocycles. The quantitative estimate of drug-likeness (QED) is 0.443. The summed E-state index contributed by atoms with van der Waals surface area (Å²) in [5, 5.41) is 16.4. The summed E-state index contributed by atoms with van der Waals surface area (Å²) in [5.41, 5.74) is 0.588. The van der Waals surface area contributed by atoms with Crippen LogP contribution in [-0.2, 0) is 24.8 Å². The first-order chi connectivity index (χ1) is 13.0. The van der Waals surface area contributed by atoms with Gasteiger partial charge in [-0.1, -0.05) is 6.07 Å². The molecule has 1 fully saturated rings. The predicted octanol–water partition coefficient (Wildman–Crippen LogP) is 0.680. The van der Waals surface area contributed by atoms with Gasteiger partial charge in [0.25, 0.3) is 0 Å². The molecule has 1 aliphatic rings. The van der Waals surface area contributed by atoms with Crippen LogP contribution in [0.5, 0.6) is 0 Å². The largest absolute Gasteiger partial charge is 0.480 e. The molecule has 1 aromatic rings. The van der Waals surface area contributed by atoms with Crippen molar-refractivity contribution in [2.24, 2.45) is 10.9 Å². The van der Waals surface area contributed by atoms with Crippen LogP contribution in [0.4, 0.5) is 5.69 Å². The minimum absolute atomic E-state index is 0.112. The van der Waals surface area contributed by atoms with Crippen molar-refractivity contribution in [3.63, 3.8) is 0 Å². The highest BCUT2D eigenvalue weighted by molar-refractivity contribution is 7.92. The number of rotatable bonds is 8. The Morgan fingerprint density at radius 1 is 1.36 bits per heavy atom. The van der Waals surface area contributed by atoms with Crippen molar-refractivity contribution in [2.75, 3.05) is 17.5 Å². The standard InChI is InChI=1S/C16H22N4O6S2/c1-27(23,24)19-11-4-2-5-12(8-11)28(25,26)20-15-7-3-6-14(13(15)9-17)18-10-16(21)22/h2,4-5,8-9,13,15,17,19-20H,3,6-7,10H2,1H3,(H,21,22). The van der Waals surface area contributed by atoms with Crippen molar-refractivity contribution in [1.82, 2.24) is 4.72 Å². The summed E-state index contributed by atoms with van der Waals surface area (Å²) in [5.74, 6) is -1.74. The second kappa shape index (κ2) is 8.80. The van der Waals surface area contributed by atoms with E-state index in [4.69, 9.17) is 10.5 Å². The molecule has 0 radical (unpaired) electrons. The Morgan fingerprint density at radius 3 is 2.68 bits per heavy atom. The third kappa shape index (κ3) is 6.11. The van der Waals surface area contributed by atoms with Crippen molar-refractivity contribution >= 4 is 43.6 Å². The Balaban J connectivity index is 2.25. The third-order valence-corrected chi connectivity index (χ3v) is 6.21. The van der Waals surface area contributed by atoms with E-state index in [2.05, 4.69) is 14.4 Å². The molecule has 1 saturated carbocycles. The van der Waals surface area contributed by atoms with Gasteiger partial charge in [-0.25, -0.2) is 21.6 Å². The van der Waals surface area contributed by atoms with E-state index in [1.165, 1.54) is 24.3 Å². The highest BCUT2D eigenvalue weighted by Crippen LogP contribution is 2.24. The lowest BCUT2D eigenvalue weighted by Gasteiger charge is -2.30. The molecule has 0 heterocycles. The molecule has 0 aromatic heterocycles. The summed E-state index contributed by atoms with van der Waals surface area (Å²) in [4.78, 5) is 14.6. The fraction of sp³-hybridized carbons (Fsp3) is 0.438. The maximum absolute atomic E-state index is 12.8. The zero-order chi connectivity index (χ0) is 20.9. The fourth-order valence-electron chi connectivity index (χ4n) is 2.99. The average molecular weight is 431 g/mol. The molecular formula is C16H22N4O6S2. The van der Waals surface area contributed by atoms with E-state index in [-0.39, 0.29) is 10.6 Å². The lowest BCUT2D eigenvalue weighted by molar-refractivity contribution is -0.135. The molecule has 2 unspecified atom stereocenters. The first-order valence-electron chi connectivity index (χ1n) is 8.37. The number of benzene rings is 1. The number of carboxylic acid groups (broad SMARTS) is 1. The van der Waals surface area contributed by atoms with Crippen LogP contribution >= 0.6 is 0 Å². The topological polar surface area (TPSA) is 166 Å². The van der Waals surface area contributed by atoms with Gasteiger partial charge in [-0.05, 0) is 37.5 Å². The Bertz CT molecular complexity index is 988. The minimum Gasteiger partial charge on any atom is -0.480 e. The number of hydrogen-bond donors (Lipinski definition) is 4. The monoisotopic (exact) mass is 430 g/mol. The number of carbonyl (C=O) groups is 1. The van der Waals surface area contributed by atoms with Gasteiger partial charge in [0.15, 0.2) is 0 Å². The predicted molar refractivity (Wildman–Crippen MR) is 105 cm³/mol. The van der Waals surface area contributed by atoms with Crippen LogP contribution in [0.1, 0.15) is 19.3 Å². The Hall–Kier alpha value is -2.31. The normalized spacial score (nSPS) is 22.0. The molecule has 0 bridgehead atoms. The fourth-order valence-corrected chi connectivity index (χ4v) is 4.88. The highest BCUT2D eigenvalue weighted by atomic mass is 32.2. The number of sulfonamides is 2. The van der Waals surface area contributed by atoms with Crippen LogP contribution in [0.3, 0.4) is 0 Å². The van der Waals surface area contributed by atoms with Crippen molar-refractivity contribution in [3.05, 3.63) is 24.3 Å². The molecule has 12 heteroatoms. The third-order valence-electron chi connectivity index (χ3n) is 4.12. The van der Waals surface area contributed by atoms with Crippen molar-refractivity contribution in [1.29, 1.82) is 5.41 Å². The number of anilines is 1. The molecule has 4 N–H and O–H groups in total. The maximum atomic E-state index is 12.8. The van der Waals surface area contributed by atoms with Gasteiger partial charge in [0.2, 0.25) is 20.0 Å². The van der Waals surface area contributed by atoms with Crippen LogP contribution < -0.4 is 9.44 Å². The molecule has 0 aliphatic heterocycles. The summed E-state index contributed by atoms with van der Waals surface area (Å²) in [7, 11) is -7.55. The highest BCUT2D eigenvalue weighted by Gasteiger charge is 2.32. The SMILES string of the molecule is CS(=O)(=O)Nc1cccc(S(=O)(=O)NC2CCCC(=NCC(=O)O)C2C=N)c1. The van der Waals surface area contributed by atoms with E-state index in [1.807, 2.05) is 0 Å². The lowest BCUT2D eigenvalue weighted by Crippen LogP contribution is -2.46. The summed E-state index contributed by atoms with van der Waals surface area (Å²) in [6.45, 7) is -0.432. The number of aliphatic imine (C=N–C) groups is 1. The van der Waals surface area contributed by atoms with Crippen molar-refractivity contribution < 1.29 is 26.7 Å². The van der Waals surface area contributed by atoms with Crippen LogP contribution in [0.2, 0.25) is 0 Å². The Labute approximate surface area is 163 Å². The van der Waals surface area contributed by atoms with E-state index in [0.717, 1.165) is 12.5 Å². The van der Waals surface area contributed by atoms with Crippen LogP contribution in [0, 0.1) is 11.3 Å². The first-order valence-corrected chi connectivity index (χ1v) is 11.7. The maximum Gasteiger partial charge on any atom is 0.325 e. The van der Waals surface area contributed by atoms with Gasteiger partial charge in [0, 0.05) is 29.6 Å². The van der Waals surface area contributed by atoms with E-state index < -0.39 is 44.5 Å². The average Bonchev–Trinajstić information content (AvgIpc) is 2.58. The number of nitrogens with zero attached hydrogens (tertiary/aromatic N) is 1. The van der Waals surface area contributed by atoms with Crippen molar-refractivity contribution in [2.45, 2.75) is 30.2 Å². The van der Waals surface area contributed by atoms with Crippen LogP contribution in [0.25, 0.3) is 0 Å². The molecule has 0 amide bonds. The molecular weight excluding hydrogens is 408 g/mol. The number of hydrogen-bond acceptors (Lipinski definition) is 7. The van der Waals surface area contributed by atoms with Crippen LogP contribution in [0.15, 0.2) is 34.2 Å². The second-order valence-electron chi connectivity index (χ2n) is 6.42. The van der Waals surface area contributed by atoms with E-state index in [1.54, 1.807) is 0 Å². The van der Waals surface area contributed by atoms with Gasteiger partial charge >= 0.3 is 5.97 Å². The summed E-state index contributed by atoms with van der Waals surface area (Å²) < 4.78 is 53.0. The summed E-state index contributed by atoms with van der Waals surface area (Å²) >= 11 is 0. The Kier molecular flexibility index (Phi) is 6.91. The van der Waals surface area contributed by atoms with Crippen LogP contribution in [-0.4, -0.2) is 58.7 Å². The first kappa shape index (κ1) is 22.0. The molecule has 28 heavy (non-hydrogen) atoms. The van der Waals surface area contributed by atoms with E-state index >= 15 is 0 Å². The molecule has 0 saturated heterocycles. The molecule has 2 atom stereocenters. The molecule has 154 valence electrons. The lowest BCUT2D eigenvalue weighted by atomic mass is 9.84. The second-order valence-corrected chi connectivity index (χ2v) is 9.88. The zero-order valence-corrected chi connectivity index (χ0v) is 16.8. The molecule has 0 spiro atoms. The van der Waals surface area contributed by atoms with Crippen molar-refractivity contribution in [3.8, 4) is 0 Å². The van der Waals surface area contributed by atoms with Gasteiger partial charge in [-0.15, -0.1) is 0 Å². The summed E-state index contributed by atoms with van der Waals surface area (Å²) in [6.07, 6.45) is 3.59. The molecule has 10 nitrogen and oxygen atoms in total. The van der Waals surface area contributed by atoms with Gasteiger partial charge in [-0.2, -0.15) is 0 Å². The number of nitrogens with one attached hydrogen (secondary N) is 3. The van der Waals surface area contributed by atoms with Gasteiger partial charge in [-0.3, -0.25) is 14.5 Å². The molecule has 1 aliphatic carbocycles. The Morgan fingerprint density at radius 2 is 2.07 bits per heavy atom. The van der Waals surface area contributed by atoms with Gasteiger partial charge in [0.05, 0.1) is 11.2 Å². The minimum atomic E-state index is -4.00.